The Bertz CT molecular complexity index is 1100. The van der Waals surface area contributed by atoms with Crippen LogP contribution < -0.4 is 10.1 Å². The van der Waals surface area contributed by atoms with E-state index in [2.05, 4.69) is 53.6 Å². The van der Waals surface area contributed by atoms with E-state index < -0.39 is 5.60 Å². The van der Waals surface area contributed by atoms with Gasteiger partial charge in [-0.15, -0.1) is 24.8 Å². The van der Waals surface area contributed by atoms with Crippen LogP contribution in [0.2, 0.25) is 0 Å². The Morgan fingerprint density at radius 3 is 2.64 bits per heavy atom. The molecule has 2 aromatic carbocycles. The van der Waals surface area contributed by atoms with Gasteiger partial charge in [0, 0.05) is 35.6 Å². The maximum absolute atomic E-state index is 12.1. The molecule has 0 radical (unpaired) electrons. The summed E-state index contributed by atoms with van der Waals surface area (Å²) in [5.74, 6) is 0.886. The van der Waals surface area contributed by atoms with Gasteiger partial charge in [0.1, 0.15) is 5.75 Å². The number of aliphatic hydroxyl groups is 1. The van der Waals surface area contributed by atoms with Crippen molar-refractivity contribution in [3.05, 3.63) is 65.4 Å². The van der Waals surface area contributed by atoms with Crippen LogP contribution in [0.15, 0.2) is 48.5 Å². The summed E-state index contributed by atoms with van der Waals surface area (Å²) in [5, 5.41) is 17.3. The normalized spacial score (nSPS) is 26.5. The largest absolute Gasteiger partial charge is 0.497 e. The molecule has 2 heterocycles. The van der Waals surface area contributed by atoms with Crippen molar-refractivity contribution in [1.82, 2.24) is 15.2 Å². The molecular weight excluding hydrogens is 457 g/mol. The minimum atomic E-state index is -0.880. The van der Waals surface area contributed by atoms with Crippen LogP contribution >= 0.6 is 24.8 Å². The number of methoxy groups -OCH3 is 1. The Kier molecular flexibility index (Phi) is 7.72. The number of halogens is 2. The van der Waals surface area contributed by atoms with Gasteiger partial charge in [-0.1, -0.05) is 30.3 Å². The van der Waals surface area contributed by atoms with Gasteiger partial charge < -0.3 is 25.0 Å². The molecule has 180 valence electrons. The number of hydrogen-bond donors (Lipinski definition) is 3. The second-order valence-corrected chi connectivity index (χ2v) is 9.60. The third-order valence-corrected chi connectivity index (χ3v) is 7.49. The number of benzene rings is 2. The molecule has 0 amide bonds. The number of aromatic amines is 1. The van der Waals surface area contributed by atoms with E-state index >= 15 is 0 Å². The summed E-state index contributed by atoms with van der Waals surface area (Å²) in [6.07, 6.45) is 3.53. The van der Waals surface area contributed by atoms with Crippen molar-refractivity contribution < 1.29 is 9.84 Å². The highest BCUT2D eigenvalue weighted by atomic mass is 35.5. The zero-order chi connectivity index (χ0) is 21.6. The third-order valence-electron chi connectivity index (χ3n) is 7.49. The van der Waals surface area contributed by atoms with Crippen LogP contribution in [-0.4, -0.2) is 49.3 Å². The zero-order valence-electron chi connectivity index (χ0n) is 19.6. The average molecular weight is 492 g/mol. The van der Waals surface area contributed by atoms with Crippen molar-refractivity contribution in [3.63, 3.8) is 0 Å². The SMILES string of the molecule is COc1cccc(C2(O)CCC3(CC2CN(C)C)NCCc2c3[nH]c3ccccc23)c1.Cl.Cl. The van der Waals surface area contributed by atoms with Gasteiger partial charge in [-0.2, -0.15) is 0 Å². The highest BCUT2D eigenvalue weighted by Gasteiger charge is 2.52. The van der Waals surface area contributed by atoms with Crippen molar-refractivity contribution >= 4 is 35.7 Å². The van der Waals surface area contributed by atoms with Crippen LogP contribution in [-0.2, 0) is 17.6 Å². The van der Waals surface area contributed by atoms with Gasteiger partial charge >= 0.3 is 0 Å². The Morgan fingerprint density at radius 2 is 1.88 bits per heavy atom. The van der Waals surface area contributed by atoms with Crippen LogP contribution in [0.25, 0.3) is 10.9 Å². The van der Waals surface area contributed by atoms with Crippen LogP contribution in [0.4, 0.5) is 0 Å². The van der Waals surface area contributed by atoms with Gasteiger partial charge in [-0.25, -0.2) is 0 Å². The number of H-pyrrole nitrogens is 1. The number of fused-ring (bicyclic) bond motifs is 4. The second-order valence-electron chi connectivity index (χ2n) is 9.60. The number of ether oxygens (including phenoxy) is 1. The Balaban J connectivity index is 0.00000153. The molecule has 3 N–H and O–H groups in total. The first-order chi connectivity index (χ1) is 14.9. The summed E-state index contributed by atoms with van der Waals surface area (Å²) >= 11 is 0. The molecule has 5 nitrogen and oxygen atoms in total. The Hall–Kier alpha value is -1.76. The fourth-order valence-corrected chi connectivity index (χ4v) is 6.00. The van der Waals surface area contributed by atoms with Gasteiger partial charge in [0.05, 0.1) is 18.2 Å². The zero-order valence-corrected chi connectivity index (χ0v) is 21.2. The molecule has 7 heteroatoms. The van der Waals surface area contributed by atoms with Gasteiger partial charge in [-0.3, -0.25) is 0 Å². The number of para-hydroxylation sites is 1. The summed E-state index contributed by atoms with van der Waals surface area (Å²) in [5.41, 5.74) is 3.95. The van der Waals surface area contributed by atoms with Gasteiger partial charge in [0.15, 0.2) is 0 Å². The topological polar surface area (TPSA) is 60.5 Å². The smallest absolute Gasteiger partial charge is 0.119 e. The maximum atomic E-state index is 12.1. The molecule has 3 atom stereocenters. The molecule has 0 saturated heterocycles. The fourth-order valence-electron chi connectivity index (χ4n) is 6.00. The monoisotopic (exact) mass is 491 g/mol. The second kappa shape index (κ2) is 9.85. The van der Waals surface area contributed by atoms with E-state index in [1.165, 1.54) is 22.2 Å². The number of nitrogens with zero attached hydrogens (tertiary/aromatic N) is 1. The molecule has 1 saturated carbocycles. The summed E-state index contributed by atoms with van der Waals surface area (Å²) < 4.78 is 5.46. The minimum absolute atomic E-state index is 0. The first kappa shape index (κ1) is 25.9. The van der Waals surface area contributed by atoms with Crippen molar-refractivity contribution in [2.45, 2.75) is 36.8 Å². The lowest BCUT2D eigenvalue weighted by Crippen LogP contribution is -2.57. The van der Waals surface area contributed by atoms with Gasteiger partial charge in [0.2, 0.25) is 0 Å². The first-order valence-corrected chi connectivity index (χ1v) is 11.3. The van der Waals surface area contributed by atoms with Crippen molar-refractivity contribution in [1.29, 1.82) is 0 Å². The molecule has 1 spiro atoms. The first-order valence-electron chi connectivity index (χ1n) is 11.3. The quantitative estimate of drug-likeness (QED) is 0.498. The third kappa shape index (κ3) is 4.38. The summed E-state index contributed by atoms with van der Waals surface area (Å²) in [6.45, 7) is 1.80. The molecule has 1 fully saturated rings. The minimum Gasteiger partial charge on any atom is -0.497 e. The number of rotatable bonds is 4. The van der Waals surface area contributed by atoms with Crippen LogP contribution in [0.1, 0.15) is 36.1 Å². The Labute approximate surface area is 208 Å². The van der Waals surface area contributed by atoms with Crippen LogP contribution in [0.3, 0.4) is 0 Å². The van der Waals surface area contributed by atoms with E-state index in [9.17, 15) is 5.11 Å². The molecule has 0 bridgehead atoms. The van der Waals surface area contributed by atoms with Gasteiger partial charge in [-0.05, 0) is 69.1 Å². The summed E-state index contributed by atoms with van der Waals surface area (Å²) in [6, 6.07) is 16.6. The van der Waals surface area contributed by atoms with E-state index in [-0.39, 0.29) is 36.3 Å². The van der Waals surface area contributed by atoms with Crippen molar-refractivity contribution in [2.75, 3.05) is 34.3 Å². The summed E-state index contributed by atoms with van der Waals surface area (Å²) in [7, 11) is 5.87. The van der Waals surface area contributed by atoms with Crippen molar-refractivity contribution in [3.8, 4) is 5.75 Å². The number of aromatic nitrogens is 1. The lowest BCUT2D eigenvalue weighted by Gasteiger charge is -2.51. The lowest BCUT2D eigenvalue weighted by atomic mass is 9.62. The highest BCUT2D eigenvalue weighted by Crippen LogP contribution is 2.51. The standard InChI is InChI=1S/C26H33N3O2.2ClH/c1-29(2)17-19-16-25(12-13-26(19,30)18-7-6-8-20(15-18)31-3)24-22(11-14-27-25)21-9-4-5-10-23(21)28-24;;/h4-10,15,19,27-28,30H,11-14,16-17H2,1-3H3;2*1H. The molecule has 2 aliphatic rings. The van der Waals surface area contributed by atoms with Crippen molar-refractivity contribution in [2.24, 2.45) is 5.92 Å². The van der Waals surface area contributed by atoms with E-state index in [1.807, 2.05) is 24.3 Å². The van der Waals surface area contributed by atoms with Crippen LogP contribution in [0, 0.1) is 5.92 Å². The predicted octanol–water partition coefficient (Wildman–Crippen LogP) is 4.61. The molecule has 3 unspecified atom stereocenters. The molecule has 33 heavy (non-hydrogen) atoms. The van der Waals surface area contributed by atoms with Crippen LogP contribution in [0.5, 0.6) is 5.75 Å². The predicted molar refractivity (Wildman–Crippen MR) is 139 cm³/mol. The fraction of sp³-hybridized carbons (Fsp3) is 0.462. The van der Waals surface area contributed by atoms with Gasteiger partial charge in [0.25, 0.3) is 0 Å². The molecule has 1 aromatic heterocycles. The average Bonchev–Trinajstić information content (AvgIpc) is 3.17. The summed E-state index contributed by atoms with van der Waals surface area (Å²) in [4.78, 5) is 5.96. The molecule has 1 aliphatic heterocycles. The molecule has 5 rings (SSSR count). The van der Waals surface area contributed by atoms with E-state index in [4.69, 9.17) is 4.74 Å². The molecule has 1 aliphatic carbocycles. The van der Waals surface area contributed by atoms with E-state index in [0.717, 1.165) is 43.7 Å². The number of hydrogen-bond acceptors (Lipinski definition) is 4. The van der Waals surface area contributed by atoms with E-state index in [0.29, 0.717) is 6.42 Å². The molecule has 3 aromatic rings. The number of nitrogens with one attached hydrogen (secondary N) is 2. The van der Waals surface area contributed by atoms with E-state index in [1.54, 1.807) is 7.11 Å². The highest BCUT2D eigenvalue weighted by molar-refractivity contribution is 5.86. The Morgan fingerprint density at radius 1 is 1.09 bits per heavy atom. The lowest BCUT2D eigenvalue weighted by molar-refractivity contribution is -0.0888. The maximum Gasteiger partial charge on any atom is 0.119 e. The molecular formula is C26H35Cl2N3O2.